The Balaban J connectivity index is 0. The van der Waals surface area contributed by atoms with Crippen molar-refractivity contribution in [3.63, 3.8) is 0 Å². The summed E-state index contributed by atoms with van der Waals surface area (Å²) in [5.41, 5.74) is 0. The van der Waals surface area contributed by atoms with Crippen molar-refractivity contribution in [2.75, 3.05) is 26.9 Å². The predicted molar refractivity (Wildman–Crippen MR) is 89.9 cm³/mol. The molecule has 6 nitrogen and oxygen atoms in total. The van der Waals surface area contributed by atoms with E-state index in [0.717, 1.165) is 39.1 Å². The summed E-state index contributed by atoms with van der Waals surface area (Å²) in [4.78, 5) is 20.3. The third kappa shape index (κ3) is 21.9. The largest absolute Gasteiger partial charge is 0.469 e. The van der Waals surface area contributed by atoms with Gasteiger partial charge in [0.15, 0.2) is 0 Å². The fourth-order valence-electron chi connectivity index (χ4n) is 1.30. The Labute approximate surface area is 157 Å². The maximum atomic E-state index is 10.2. The summed E-state index contributed by atoms with van der Waals surface area (Å²) in [6.07, 6.45) is 6.71. The second-order valence-electron chi connectivity index (χ2n) is 5.31. The van der Waals surface area contributed by atoms with Crippen LogP contribution in [0.2, 0.25) is 0 Å². The maximum Gasteiger partial charge on any atom is 0.313 e. The molecule has 0 fully saturated rings. The Bertz CT molecular complexity index is 275. The van der Waals surface area contributed by atoms with Gasteiger partial charge in [-0.15, -0.1) is 0 Å². The topological polar surface area (TPSA) is 71.1 Å². The number of carbonyl (C=O) groups excluding carboxylic acids is 2. The van der Waals surface area contributed by atoms with Crippen LogP contribution in [0, 0.1) is 0 Å². The van der Waals surface area contributed by atoms with Crippen LogP contribution in [-0.4, -0.2) is 38.7 Å². The van der Waals surface area contributed by atoms with E-state index in [0.29, 0.717) is 0 Å². The van der Waals surface area contributed by atoms with Crippen molar-refractivity contribution >= 4 is 11.8 Å². The Morgan fingerprint density at radius 3 is 1.38 bits per heavy atom. The number of Topliss-reactive ketones (excluding diaryl/α,β-unsaturated/α-hetero) is 1. The van der Waals surface area contributed by atoms with Crippen LogP contribution in [0.1, 0.15) is 72.6 Å². The zero-order valence-corrected chi connectivity index (χ0v) is 18.5. The van der Waals surface area contributed by atoms with Crippen molar-refractivity contribution in [1.82, 2.24) is 0 Å². The van der Waals surface area contributed by atoms with Gasteiger partial charge in [-0.25, -0.2) is 0 Å². The van der Waals surface area contributed by atoms with Gasteiger partial charge in [0.1, 0.15) is 12.2 Å². The van der Waals surface area contributed by atoms with Crippen molar-refractivity contribution in [3.05, 3.63) is 0 Å². The molecule has 0 aromatic rings. The van der Waals surface area contributed by atoms with E-state index in [1.807, 2.05) is 0 Å². The molecule has 24 heavy (non-hydrogen) atoms. The Morgan fingerprint density at radius 2 is 1.17 bits per heavy atom. The van der Waals surface area contributed by atoms with E-state index in [1.165, 1.54) is 33.3 Å². The third-order valence-electron chi connectivity index (χ3n) is 2.77. The smallest absolute Gasteiger partial charge is 0.313 e. The molecule has 0 saturated heterocycles. The average molecular weight is 427 g/mol. The maximum absolute atomic E-state index is 10.2. The van der Waals surface area contributed by atoms with Crippen LogP contribution in [0.25, 0.3) is 0 Å². The molecular formula is C17H35O6Zr. The molecule has 0 saturated carbocycles. The number of ether oxygens (including phenoxy) is 1. The van der Waals surface area contributed by atoms with Gasteiger partial charge in [0, 0.05) is 0 Å². The minimum absolute atomic E-state index is 0.115. The van der Waals surface area contributed by atoms with Gasteiger partial charge < -0.3 is 4.74 Å². The van der Waals surface area contributed by atoms with Gasteiger partial charge in [0.2, 0.25) is 0 Å². The number of hydrogen-bond donors (Lipinski definition) is 0. The van der Waals surface area contributed by atoms with Crippen molar-refractivity contribution < 1.29 is 45.8 Å². The number of ketones is 1. The molecule has 0 bridgehead atoms. The average Bonchev–Trinajstić information content (AvgIpc) is 2.55. The van der Waals surface area contributed by atoms with Gasteiger partial charge in [0.05, 0.1) is 7.11 Å². The quantitative estimate of drug-likeness (QED) is 0.238. The molecule has 0 aromatic carbocycles. The summed E-state index contributed by atoms with van der Waals surface area (Å²) in [5, 5.41) is 0. The van der Waals surface area contributed by atoms with Gasteiger partial charge in [-0.05, 0) is 6.92 Å². The van der Waals surface area contributed by atoms with Crippen LogP contribution < -0.4 is 0 Å². The second-order valence-corrected chi connectivity index (χ2v) is 8.67. The van der Waals surface area contributed by atoms with Crippen LogP contribution in [0.4, 0.5) is 0 Å². The molecule has 0 aliphatic rings. The minimum atomic E-state index is -2.40. The van der Waals surface area contributed by atoms with Crippen molar-refractivity contribution in [2.24, 2.45) is 0 Å². The fourth-order valence-corrected chi connectivity index (χ4v) is 4.21. The molecule has 0 unspecified atom stereocenters. The first-order valence-electron chi connectivity index (χ1n) is 8.83. The number of methoxy groups -OCH3 is 1. The van der Waals surface area contributed by atoms with E-state index in [1.54, 1.807) is 0 Å². The van der Waals surface area contributed by atoms with Gasteiger partial charge in [-0.3, -0.25) is 9.59 Å². The minimum Gasteiger partial charge on any atom is -0.469 e. The summed E-state index contributed by atoms with van der Waals surface area (Å²) in [7, 11) is 1.26. The molecule has 0 N–H and O–H groups in total. The van der Waals surface area contributed by atoms with E-state index < -0.39 is 29.0 Å². The summed E-state index contributed by atoms with van der Waals surface area (Å²) >= 11 is -2.40. The number of carbonyl (C=O) groups is 2. The van der Waals surface area contributed by atoms with Crippen LogP contribution in [-0.2, 0) is 45.8 Å². The zero-order chi connectivity index (χ0) is 18.6. The van der Waals surface area contributed by atoms with Crippen molar-refractivity contribution in [1.29, 1.82) is 0 Å². The molecule has 0 radical (unpaired) electrons. The molecule has 0 aliphatic heterocycles. The molecule has 0 atom stereocenters. The van der Waals surface area contributed by atoms with Gasteiger partial charge in [0.25, 0.3) is 0 Å². The van der Waals surface area contributed by atoms with E-state index in [-0.39, 0.29) is 12.2 Å². The molecule has 0 amide bonds. The Kier molecular flexibility index (Phi) is 22.8. The SMILES string of the molecule is CCCC[O][Zr]([O]CCCC)[O]CCCC.COC(=O)CC(C)=O. The summed E-state index contributed by atoms with van der Waals surface area (Å²) < 4.78 is 21.4. The molecular weight excluding hydrogens is 391 g/mol. The Morgan fingerprint density at radius 1 is 0.792 bits per heavy atom. The molecule has 0 heterocycles. The zero-order valence-electron chi connectivity index (χ0n) is 16.0. The number of esters is 1. The van der Waals surface area contributed by atoms with Gasteiger partial charge in [-0.2, -0.15) is 0 Å². The number of hydrogen-bond acceptors (Lipinski definition) is 6. The van der Waals surface area contributed by atoms with Crippen LogP contribution >= 0.6 is 0 Å². The first-order valence-corrected chi connectivity index (χ1v) is 11.8. The number of unbranched alkanes of at least 4 members (excludes halogenated alkanes) is 3. The third-order valence-corrected chi connectivity index (χ3v) is 6.02. The Hall–Kier alpha value is -0.0969. The van der Waals surface area contributed by atoms with Gasteiger partial charge in [-0.1, -0.05) is 0 Å². The standard InChI is InChI=1S/C5H8O3.3C4H9O.Zr/c1-4(6)3-5(7)8-2;3*1-2-3-4-5;/h3H2,1-2H3;3*2-4H2,1H3;/q;3*-1;+3. The molecule has 0 spiro atoms. The van der Waals surface area contributed by atoms with Crippen molar-refractivity contribution in [3.8, 4) is 0 Å². The van der Waals surface area contributed by atoms with Crippen LogP contribution in [0.5, 0.6) is 0 Å². The molecule has 7 heteroatoms. The number of rotatable bonds is 14. The first-order chi connectivity index (χ1) is 11.5. The first kappa shape index (κ1) is 26.1. The fraction of sp³-hybridized carbons (Fsp3) is 0.882. The molecule has 0 aliphatic carbocycles. The van der Waals surface area contributed by atoms with E-state index >= 15 is 0 Å². The van der Waals surface area contributed by atoms with E-state index in [2.05, 4.69) is 25.5 Å². The van der Waals surface area contributed by atoms with Crippen LogP contribution in [0.3, 0.4) is 0 Å². The van der Waals surface area contributed by atoms with Crippen molar-refractivity contribution in [2.45, 2.75) is 72.6 Å². The second kappa shape index (κ2) is 20.9. The van der Waals surface area contributed by atoms with Crippen LogP contribution in [0.15, 0.2) is 0 Å². The van der Waals surface area contributed by atoms with E-state index in [9.17, 15) is 9.59 Å². The summed E-state index contributed by atoms with van der Waals surface area (Å²) in [5.74, 6) is -0.644. The summed E-state index contributed by atoms with van der Waals surface area (Å²) in [6.45, 7) is 10.3. The normalized spacial score (nSPS) is 9.88. The molecule has 0 aromatic heterocycles. The molecule has 0 rings (SSSR count). The monoisotopic (exact) mass is 425 g/mol. The molecule has 143 valence electrons. The van der Waals surface area contributed by atoms with E-state index in [4.69, 9.17) is 8.44 Å². The predicted octanol–water partition coefficient (Wildman–Crippen LogP) is 3.94. The summed E-state index contributed by atoms with van der Waals surface area (Å²) in [6, 6.07) is 0. The van der Waals surface area contributed by atoms with Gasteiger partial charge >= 0.3 is 117 Å².